The Morgan fingerprint density at radius 2 is 1.04 bits per heavy atom. The standard InChI is InChI=1S/C22H23N3O2.C20H19N3O2.C2H6/c1-13(2)7-10-20(26)25-19-6-4-5-15(14(19)3)16-8-9-18(22(23)27)21-17(16)11-12-24-21;1-3-5-18(24)23-17-7-4-6-13(12(17)2)14-8-9-16(20(21)25)19-15(14)10-11-22-19;1-2/h4-13,24H,1-3H3,(H2,23,27)(H,25,26);3-11,22H,1-2H3,(H2,21,25)(H,23,24);1-2H3/b10-7+;5-3+;. The highest BCUT2D eigenvalue weighted by atomic mass is 16.2. The predicted octanol–water partition coefficient (Wildman–Crippen LogP) is 9.18. The van der Waals surface area contributed by atoms with Crippen LogP contribution < -0.4 is 22.1 Å². The molecule has 0 unspecified atom stereocenters. The lowest BCUT2D eigenvalue weighted by Gasteiger charge is -2.13. The first kappa shape index (κ1) is 40.1. The van der Waals surface area contributed by atoms with E-state index in [1.54, 1.807) is 43.6 Å². The Morgan fingerprint density at radius 3 is 1.43 bits per heavy atom. The Kier molecular flexibility index (Phi) is 13.5. The Labute approximate surface area is 315 Å². The number of primary amides is 2. The summed E-state index contributed by atoms with van der Waals surface area (Å²) in [4.78, 5) is 53.5. The summed E-state index contributed by atoms with van der Waals surface area (Å²) in [6, 6.07) is 22.6. The molecule has 6 aromatic rings. The van der Waals surface area contributed by atoms with Crippen molar-refractivity contribution in [1.29, 1.82) is 0 Å². The zero-order valence-corrected chi connectivity index (χ0v) is 31.8. The number of nitrogens with one attached hydrogen (secondary N) is 4. The lowest BCUT2D eigenvalue weighted by Crippen LogP contribution is -2.11. The maximum absolute atomic E-state index is 12.2. The average molecular weight is 725 g/mol. The third-order valence-electron chi connectivity index (χ3n) is 8.69. The zero-order chi connectivity index (χ0) is 39.5. The van der Waals surface area contributed by atoms with Crippen molar-refractivity contribution in [2.75, 3.05) is 10.6 Å². The molecule has 0 fully saturated rings. The van der Waals surface area contributed by atoms with Crippen LogP contribution in [0, 0.1) is 19.8 Å². The Balaban J connectivity index is 0.000000231. The summed E-state index contributed by atoms with van der Waals surface area (Å²) in [6.45, 7) is 13.8. The lowest BCUT2D eigenvalue weighted by molar-refractivity contribution is -0.112. The third kappa shape index (κ3) is 9.02. The number of carbonyl (C=O) groups is 4. The maximum Gasteiger partial charge on any atom is 0.250 e. The van der Waals surface area contributed by atoms with Crippen molar-refractivity contribution in [3.8, 4) is 22.3 Å². The summed E-state index contributed by atoms with van der Waals surface area (Å²) in [5, 5.41) is 7.65. The smallest absolute Gasteiger partial charge is 0.250 e. The van der Waals surface area contributed by atoms with Gasteiger partial charge in [-0.05, 0) is 109 Å². The van der Waals surface area contributed by atoms with Crippen LogP contribution >= 0.6 is 0 Å². The normalized spacial score (nSPS) is 11.0. The van der Waals surface area contributed by atoms with Crippen molar-refractivity contribution >= 4 is 56.8 Å². The van der Waals surface area contributed by atoms with Gasteiger partial charge in [0.25, 0.3) is 11.8 Å². The molecule has 8 N–H and O–H groups in total. The van der Waals surface area contributed by atoms with Crippen LogP contribution in [0.15, 0.2) is 109 Å². The second-order valence-corrected chi connectivity index (χ2v) is 12.6. The van der Waals surface area contributed by atoms with Crippen molar-refractivity contribution in [3.05, 3.63) is 132 Å². The van der Waals surface area contributed by atoms with Crippen LogP contribution in [-0.4, -0.2) is 33.6 Å². The molecule has 0 aliphatic rings. The van der Waals surface area contributed by atoms with Crippen LogP contribution in [0.1, 0.15) is 66.5 Å². The molecule has 0 saturated heterocycles. The van der Waals surface area contributed by atoms with Crippen molar-refractivity contribution in [2.45, 2.75) is 48.5 Å². The number of fused-ring (bicyclic) bond motifs is 2. The third-order valence-corrected chi connectivity index (χ3v) is 8.69. The number of allylic oxidation sites excluding steroid dienone is 2. The molecule has 0 aliphatic heterocycles. The number of nitrogens with two attached hydrogens (primary N) is 2. The molecule has 0 radical (unpaired) electrons. The highest BCUT2D eigenvalue weighted by Gasteiger charge is 2.16. The fourth-order valence-electron chi connectivity index (χ4n) is 6.10. The molecule has 2 heterocycles. The van der Waals surface area contributed by atoms with E-state index in [-0.39, 0.29) is 11.8 Å². The highest BCUT2D eigenvalue weighted by Crippen LogP contribution is 2.36. The number of hydrogen-bond donors (Lipinski definition) is 6. The number of amides is 4. The van der Waals surface area contributed by atoms with Gasteiger partial charge in [0.05, 0.1) is 22.2 Å². The first-order valence-electron chi connectivity index (χ1n) is 17.8. The number of aromatic nitrogens is 2. The van der Waals surface area contributed by atoms with Gasteiger partial charge in [-0.15, -0.1) is 0 Å². The SMILES string of the molecule is C/C=C/C(=O)Nc1cccc(-c2ccc(C(N)=O)c3[nH]ccc23)c1C.CC.Cc1c(NC(=O)/C=C/C(C)C)cccc1-c1ccc(C(N)=O)c2[nH]ccc12. The van der Waals surface area contributed by atoms with Crippen LogP contribution in [-0.2, 0) is 9.59 Å². The van der Waals surface area contributed by atoms with E-state index in [4.69, 9.17) is 11.5 Å². The largest absolute Gasteiger partial charge is 0.366 e. The quantitative estimate of drug-likeness (QED) is 0.0816. The fraction of sp³-hybridized carbons (Fsp3) is 0.182. The van der Waals surface area contributed by atoms with E-state index in [9.17, 15) is 19.2 Å². The summed E-state index contributed by atoms with van der Waals surface area (Å²) in [7, 11) is 0. The van der Waals surface area contributed by atoms with E-state index < -0.39 is 11.8 Å². The number of rotatable bonds is 9. The van der Waals surface area contributed by atoms with E-state index in [1.807, 2.05) is 108 Å². The molecule has 4 amide bonds. The topological polar surface area (TPSA) is 176 Å². The summed E-state index contributed by atoms with van der Waals surface area (Å²) < 4.78 is 0. The Bertz CT molecular complexity index is 2380. The summed E-state index contributed by atoms with van der Waals surface area (Å²) in [6.07, 6.45) is 10.2. The summed E-state index contributed by atoms with van der Waals surface area (Å²) in [5.74, 6) is -0.945. The minimum absolute atomic E-state index is 0.153. The molecule has 10 heteroatoms. The molecule has 0 aliphatic carbocycles. The first-order chi connectivity index (χ1) is 25.9. The van der Waals surface area contributed by atoms with Crippen molar-refractivity contribution < 1.29 is 19.2 Å². The number of aromatic amines is 2. The van der Waals surface area contributed by atoms with Crippen LogP contribution in [0.5, 0.6) is 0 Å². The summed E-state index contributed by atoms with van der Waals surface area (Å²) >= 11 is 0. The molecule has 0 saturated carbocycles. The number of H-pyrrole nitrogens is 2. The highest BCUT2D eigenvalue weighted by molar-refractivity contribution is 6.11. The van der Waals surface area contributed by atoms with Gasteiger partial charge in [0.15, 0.2) is 0 Å². The molecule has 0 spiro atoms. The number of carbonyl (C=O) groups excluding carboxylic acids is 4. The Morgan fingerprint density at radius 1 is 0.611 bits per heavy atom. The second-order valence-electron chi connectivity index (χ2n) is 12.6. The van der Waals surface area contributed by atoms with Gasteiger partial charge in [0.2, 0.25) is 11.8 Å². The number of hydrogen-bond acceptors (Lipinski definition) is 4. The molecule has 0 atom stereocenters. The van der Waals surface area contributed by atoms with E-state index in [0.717, 1.165) is 55.5 Å². The van der Waals surface area contributed by atoms with Gasteiger partial charge < -0.3 is 32.1 Å². The first-order valence-corrected chi connectivity index (χ1v) is 17.8. The van der Waals surface area contributed by atoms with Crippen molar-refractivity contribution in [3.63, 3.8) is 0 Å². The molecular weight excluding hydrogens is 677 g/mol. The minimum atomic E-state index is -0.469. The zero-order valence-electron chi connectivity index (χ0n) is 31.8. The van der Waals surface area contributed by atoms with Crippen LogP contribution in [0.25, 0.3) is 44.1 Å². The van der Waals surface area contributed by atoms with E-state index >= 15 is 0 Å². The van der Waals surface area contributed by atoms with Gasteiger partial charge in [-0.2, -0.15) is 0 Å². The molecule has 2 aromatic heterocycles. The van der Waals surface area contributed by atoms with E-state index in [2.05, 4.69) is 20.6 Å². The van der Waals surface area contributed by atoms with Crippen molar-refractivity contribution in [2.24, 2.45) is 17.4 Å². The second kappa shape index (κ2) is 18.2. The maximum atomic E-state index is 12.2. The molecule has 6 rings (SSSR count). The van der Waals surface area contributed by atoms with Gasteiger partial charge in [-0.1, -0.05) is 76.2 Å². The predicted molar refractivity (Wildman–Crippen MR) is 221 cm³/mol. The number of anilines is 2. The van der Waals surface area contributed by atoms with Gasteiger partial charge in [-0.3, -0.25) is 19.2 Å². The van der Waals surface area contributed by atoms with Crippen LogP contribution in [0.4, 0.5) is 11.4 Å². The number of benzene rings is 4. The van der Waals surface area contributed by atoms with Gasteiger partial charge in [0.1, 0.15) is 0 Å². The molecule has 54 heavy (non-hydrogen) atoms. The van der Waals surface area contributed by atoms with Gasteiger partial charge in [-0.25, -0.2) is 0 Å². The fourth-order valence-corrected chi connectivity index (χ4v) is 6.10. The molecule has 10 nitrogen and oxygen atoms in total. The van der Waals surface area contributed by atoms with Crippen LogP contribution in [0.2, 0.25) is 0 Å². The van der Waals surface area contributed by atoms with Crippen molar-refractivity contribution in [1.82, 2.24) is 9.97 Å². The van der Waals surface area contributed by atoms with Crippen LogP contribution in [0.3, 0.4) is 0 Å². The van der Waals surface area contributed by atoms with Gasteiger partial charge >= 0.3 is 0 Å². The lowest BCUT2D eigenvalue weighted by atomic mass is 9.94. The average Bonchev–Trinajstić information content (AvgIpc) is 3.84. The monoisotopic (exact) mass is 724 g/mol. The van der Waals surface area contributed by atoms with Gasteiger partial charge in [0, 0.05) is 34.5 Å². The Hall–Kier alpha value is -6.68. The minimum Gasteiger partial charge on any atom is -0.366 e. The molecular formula is C44H48N6O4. The molecule has 4 aromatic carbocycles. The molecule has 0 bridgehead atoms. The summed E-state index contributed by atoms with van der Waals surface area (Å²) in [5.41, 5.74) is 20.6. The molecule has 278 valence electrons. The van der Waals surface area contributed by atoms with E-state index in [0.29, 0.717) is 28.1 Å². The van der Waals surface area contributed by atoms with E-state index in [1.165, 1.54) is 6.08 Å².